The number of likely N-dealkylation sites (N-methyl/N-ethyl adjacent to an activating group) is 1. The van der Waals surface area contributed by atoms with E-state index in [4.69, 9.17) is 4.52 Å². The van der Waals surface area contributed by atoms with Crippen molar-refractivity contribution in [2.75, 3.05) is 13.1 Å². The average molecular weight is 307 g/mol. The lowest BCUT2D eigenvalue weighted by molar-refractivity contribution is 0.199. The fourth-order valence-corrected chi connectivity index (χ4v) is 3.41. The molecule has 0 saturated heterocycles. The Hall–Kier alpha value is -1.32. The molecule has 1 atom stereocenters. The number of fused-ring (bicyclic) bond motifs is 1. The molecule has 0 bridgehead atoms. The van der Waals surface area contributed by atoms with Crippen LogP contribution in [0.25, 0.3) is 11.3 Å². The summed E-state index contributed by atoms with van der Waals surface area (Å²) in [5.41, 5.74) is 4.14. The van der Waals surface area contributed by atoms with Gasteiger partial charge >= 0.3 is 0 Å². The second-order valence-electron chi connectivity index (χ2n) is 5.44. The summed E-state index contributed by atoms with van der Waals surface area (Å²) in [6.07, 6.45) is 5.26. The van der Waals surface area contributed by atoms with Crippen molar-refractivity contribution in [3.05, 3.63) is 41.6 Å². The second-order valence-corrected chi connectivity index (χ2v) is 5.44. The van der Waals surface area contributed by atoms with Gasteiger partial charge in [0, 0.05) is 17.7 Å². The largest absolute Gasteiger partial charge is 0.356 e. The molecule has 0 aliphatic heterocycles. The highest BCUT2D eigenvalue weighted by atomic mass is 35.5. The number of nitrogens with zero attached hydrogens (tertiary/aromatic N) is 2. The van der Waals surface area contributed by atoms with Crippen LogP contribution in [0.1, 0.15) is 31.4 Å². The van der Waals surface area contributed by atoms with Crippen LogP contribution in [0.4, 0.5) is 0 Å². The smallest absolute Gasteiger partial charge is 0.167 e. The Bertz CT molecular complexity index is 564. The van der Waals surface area contributed by atoms with Gasteiger partial charge in [-0.3, -0.25) is 0 Å². The van der Waals surface area contributed by atoms with Crippen LogP contribution < -0.4 is 0 Å². The number of aromatic nitrogens is 1. The standard InChI is InChI=1S/C17H22N2O.ClH/c1-3-19(4-2)14-9-8-13-6-5-7-15(16(13)12-14)17-10-11-18-20-17;/h5-7,10-11,14H,3-4,8-9,12H2,1-2H3;1H. The average Bonchev–Trinajstić information content (AvgIpc) is 3.02. The number of halogens is 1. The first-order chi connectivity index (χ1) is 9.83. The van der Waals surface area contributed by atoms with Crippen LogP contribution in [0.3, 0.4) is 0 Å². The van der Waals surface area contributed by atoms with Crippen LogP contribution in [0.15, 0.2) is 35.0 Å². The first kappa shape index (κ1) is 16.1. The van der Waals surface area contributed by atoms with Crippen LogP contribution in [-0.2, 0) is 12.8 Å². The summed E-state index contributed by atoms with van der Waals surface area (Å²) in [7, 11) is 0. The summed E-state index contributed by atoms with van der Waals surface area (Å²) < 4.78 is 5.37. The maximum atomic E-state index is 5.37. The van der Waals surface area contributed by atoms with E-state index in [0.717, 1.165) is 25.3 Å². The van der Waals surface area contributed by atoms with E-state index >= 15 is 0 Å². The minimum absolute atomic E-state index is 0. The summed E-state index contributed by atoms with van der Waals surface area (Å²) in [6, 6.07) is 9.16. The van der Waals surface area contributed by atoms with Gasteiger partial charge in [-0.25, -0.2) is 0 Å². The normalized spacial score (nSPS) is 17.4. The van der Waals surface area contributed by atoms with Crippen molar-refractivity contribution in [1.29, 1.82) is 0 Å². The molecular formula is C17H23ClN2O. The minimum atomic E-state index is 0. The summed E-state index contributed by atoms with van der Waals surface area (Å²) >= 11 is 0. The van der Waals surface area contributed by atoms with Crippen LogP contribution in [0.5, 0.6) is 0 Å². The van der Waals surface area contributed by atoms with Crippen LogP contribution >= 0.6 is 12.4 Å². The molecule has 0 amide bonds. The SMILES string of the molecule is CCN(CC)C1CCc2cccc(-c3ccno3)c2C1.Cl. The van der Waals surface area contributed by atoms with Gasteiger partial charge in [0.15, 0.2) is 5.76 Å². The fourth-order valence-electron chi connectivity index (χ4n) is 3.41. The molecule has 0 N–H and O–H groups in total. The molecule has 114 valence electrons. The van der Waals surface area contributed by atoms with Gasteiger partial charge in [0.05, 0.1) is 6.20 Å². The van der Waals surface area contributed by atoms with E-state index in [1.54, 1.807) is 6.20 Å². The Morgan fingerprint density at radius 3 is 2.71 bits per heavy atom. The predicted octanol–water partition coefficient (Wildman–Crippen LogP) is 3.96. The van der Waals surface area contributed by atoms with E-state index in [1.807, 2.05) is 6.07 Å². The Morgan fingerprint density at radius 1 is 1.24 bits per heavy atom. The lowest BCUT2D eigenvalue weighted by Crippen LogP contribution is -2.39. The van der Waals surface area contributed by atoms with Crippen molar-refractivity contribution in [1.82, 2.24) is 10.1 Å². The molecule has 0 saturated carbocycles. The van der Waals surface area contributed by atoms with Crippen LogP contribution in [0, 0.1) is 0 Å². The molecule has 0 spiro atoms. The summed E-state index contributed by atoms with van der Waals surface area (Å²) in [5.74, 6) is 0.891. The maximum Gasteiger partial charge on any atom is 0.167 e. The topological polar surface area (TPSA) is 29.3 Å². The van der Waals surface area contributed by atoms with Crippen molar-refractivity contribution in [2.45, 2.75) is 39.2 Å². The van der Waals surface area contributed by atoms with Gasteiger partial charge in [-0.1, -0.05) is 37.2 Å². The maximum absolute atomic E-state index is 5.37. The highest BCUT2D eigenvalue weighted by molar-refractivity contribution is 5.85. The molecule has 1 aromatic carbocycles. The van der Waals surface area contributed by atoms with Gasteiger partial charge in [-0.2, -0.15) is 0 Å². The molecule has 3 rings (SSSR count). The van der Waals surface area contributed by atoms with Crippen LogP contribution in [0.2, 0.25) is 0 Å². The van der Waals surface area contributed by atoms with Gasteiger partial charge < -0.3 is 9.42 Å². The molecule has 2 aromatic rings. The van der Waals surface area contributed by atoms with Crippen molar-refractivity contribution in [3.8, 4) is 11.3 Å². The minimum Gasteiger partial charge on any atom is -0.356 e. The van der Waals surface area contributed by atoms with Gasteiger partial charge in [-0.05, 0) is 43.5 Å². The highest BCUT2D eigenvalue weighted by Gasteiger charge is 2.25. The third kappa shape index (κ3) is 3.14. The Balaban J connectivity index is 0.00000161. The summed E-state index contributed by atoms with van der Waals surface area (Å²) in [6.45, 7) is 6.75. The van der Waals surface area contributed by atoms with E-state index in [0.29, 0.717) is 6.04 Å². The molecule has 3 nitrogen and oxygen atoms in total. The second kappa shape index (κ2) is 7.10. The van der Waals surface area contributed by atoms with E-state index in [2.05, 4.69) is 42.1 Å². The van der Waals surface area contributed by atoms with E-state index < -0.39 is 0 Å². The fraction of sp³-hybridized carbons (Fsp3) is 0.471. The third-order valence-electron chi connectivity index (χ3n) is 4.49. The van der Waals surface area contributed by atoms with E-state index in [1.165, 1.54) is 29.5 Å². The number of benzene rings is 1. The van der Waals surface area contributed by atoms with E-state index in [9.17, 15) is 0 Å². The Labute approximate surface area is 132 Å². The molecular weight excluding hydrogens is 284 g/mol. The van der Waals surface area contributed by atoms with E-state index in [-0.39, 0.29) is 12.4 Å². The molecule has 1 unspecified atom stereocenters. The first-order valence-electron chi connectivity index (χ1n) is 7.59. The number of rotatable bonds is 4. The lowest BCUT2D eigenvalue weighted by atomic mass is 9.84. The molecule has 21 heavy (non-hydrogen) atoms. The van der Waals surface area contributed by atoms with Crippen LogP contribution in [-0.4, -0.2) is 29.2 Å². The number of hydrogen-bond donors (Lipinski definition) is 0. The highest BCUT2D eigenvalue weighted by Crippen LogP contribution is 2.32. The number of hydrogen-bond acceptors (Lipinski definition) is 3. The van der Waals surface area contributed by atoms with Crippen molar-refractivity contribution in [2.24, 2.45) is 0 Å². The zero-order valence-electron chi connectivity index (χ0n) is 12.7. The first-order valence-corrected chi connectivity index (χ1v) is 7.59. The number of aryl methyl sites for hydroxylation is 1. The summed E-state index contributed by atoms with van der Waals surface area (Å²) in [4.78, 5) is 2.57. The Morgan fingerprint density at radius 2 is 2.05 bits per heavy atom. The summed E-state index contributed by atoms with van der Waals surface area (Å²) in [5, 5.41) is 3.85. The molecule has 1 aromatic heterocycles. The third-order valence-corrected chi connectivity index (χ3v) is 4.49. The predicted molar refractivity (Wildman–Crippen MR) is 87.9 cm³/mol. The van der Waals surface area contributed by atoms with Gasteiger partial charge in [0.1, 0.15) is 0 Å². The molecule has 1 heterocycles. The van der Waals surface area contributed by atoms with Gasteiger partial charge in [-0.15, -0.1) is 12.4 Å². The zero-order valence-corrected chi connectivity index (χ0v) is 13.5. The molecule has 0 radical (unpaired) electrons. The van der Waals surface area contributed by atoms with Crippen molar-refractivity contribution >= 4 is 12.4 Å². The van der Waals surface area contributed by atoms with Crippen molar-refractivity contribution < 1.29 is 4.52 Å². The Kier molecular flexibility index (Phi) is 5.43. The van der Waals surface area contributed by atoms with Gasteiger partial charge in [0.25, 0.3) is 0 Å². The quantitative estimate of drug-likeness (QED) is 0.856. The molecule has 1 aliphatic carbocycles. The zero-order chi connectivity index (χ0) is 13.9. The van der Waals surface area contributed by atoms with Gasteiger partial charge in [0.2, 0.25) is 0 Å². The lowest BCUT2D eigenvalue weighted by Gasteiger charge is -2.34. The molecule has 0 fully saturated rings. The molecule has 4 heteroatoms. The molecule has 1 aliphatic rings. The monoisotopic (exact) mass is 306 g/mol. The van der Waals surface area contributed by atoms with Crippen molar-refractivity contribution in [3.63, 3.8) is 0 Å².